The Morgan fingerprint density at radius 2 is 2.15 bits per heavy atom. The Balaban J connectivity index is 2.47. The van der Waals surface area contributed by atoms with Crippen LogP contribution in [0, 0.1) is 21.4 Å². The van der Waals surface area contributed by atoms with Crippen molar-refractivity contribution in [1.29, 1.82) is 5.26 Å². The van der Waals surface area contributed by atoms with Gasteiger partial charge in [0.25, 0.3) is 5.69 Å². The van der Waals surface area contributed by atoms with Crippen LogP contribution in [0.1, 0.15) is 31.4 Å². The number of nitro benzene ring substituents is 1. The van der Waals surface area contributed by atoms with E-state index in [0.717, 1.165) is 6.42 Å². The van der Waals surface area contributed by atoms with Gasteiger partial charge < -0.3 is 9.47 Å². The molecule has 0 aliphatic rings. The molecule has 0 aliphatic heterocycles. The van der Waals surface area contributed by atoms with E-state index < -0.39 is 4.92 Å². The molecular formula is C20H19BrN2O4. The molecule has 0 aromatic heterocycles. The molecule has 2 rings (SSSR count). The maximum Gasteiger partial charge on any atom is 0.270 e. The van der Waals surface area contributed by atoms with Crippen LogP contribution in [0.5, 0.6) is 11.5 Å². The Hall–Kier alpha value is -2.85. The van der Waals surface area contributed by atoms with Crippen molar-refractivity contribution in [3.05, 3.63) is 62.1 Å². The van der Waals surface area contributed by atoms with Crippen LogP contribution in [-0.2, 0) is 0 Å². The molecule has 1 atom stereocenters. The summed E-state index contributed by atoms with van der Waals surface area (Å²) in [5.74, 6) is 1.13. The minimum atomic E-state index is -0.487. The van der Waals surface area contributed by atoms with E-state index in [4.69, 9.17) is 9.47 Å². The van der Waals surface area contributed by atoms with Crippen LogP contribution < -0.4 is 9.47 Å². The summed E-state index contributed by atoms with van der Waals surface area (Å²) in [6.45, 7) is 4.00. The van der Waals surface area contributed by atoms with E-state index in [0.29, 0.717) is 32.7 Å². The van der Waals surface area contributed by atoms with Crippen LogP contribution in [0.25, 0.3) is 11.6 Å². The molecule has 27 heavy (non-hydrogen) atoms. The molecule has 0 saturated heterocycles. The van der Waals surface area contributed by atoms with Crippen molar-refractivity contribution in [1.82, 2.24) is 0 Å². The summed E-state index contributed by atoms with van der Waals surface area (Å²) in [5.41, 5.74) is 1.42. The summed E-state index contributed by atoms with van der Waals surface area (Å²) < 4.78 is 12.0. The van der Waals surface area contributed by atoms with Gasteiger partial charge in [0.05, 0.1) is 34.3 Å². The molecule has 0 unspecified atom stereocenters. The fourth-order valence-corrected chi connectivity index (χ4v) is 2.91. The first-order chi connectivity index (χ1) is 12.9. The highest BCUT2D eigenvalue weighted by Gasteiger charge is 2.15. The molecule has 0 radical (unpaired) electrons. The van der Waals surface area contributed by atoms with Crippen molar-refractivity contribution in [2.24, 2.45) is 0 Å². The Morgan fingerprint density at radius 1 is 1.41 bits per heavy atom. The molecule has 0 N–H and O–H groups in total. The quantitative estimate of drug-likeness (QED) is 0.246. The van der Waals surface area contributed by atoms with Gasteiger partial charge in [-0.25, -0.2) is 0 Å². The Morgan fingerprint density at radius 3 is 2.74 bits per heavy atom. The van der Waals surface area contributed by atoms with Gasteiger partial charge in [0, 0.05) is 12.1 Å². The highest BCUT2D eigenvalue weighted by atomic mass is 79.9. The Kier molecular flexibility index (Phi) is 6.97. The van der Waals surface area contributed by atoms with E-state index in [1.165, 1.54) is 12.1 Å². The van der Waals surface area contributed by atoms with Gasteiger partial charge >= 0.3 is 0 Å². The number of hydrogen-bond acceptors (Lipinski definition) is 5. The van der Waals surface area contributed by atoms with Crippen LogP contribution >= 0.6 is 15.9 Å². The van der Waals surface area contributed by atoms with Crippen molar-refractivity contribution in [3.8, 4) is 17.6 Å². The van der Waals surface area contributed by atoms with Gasteiger partial charge in [-0.1, -0.05) is 19.1 Å². The lowest BCUT2D eigenvalue weighted by Gasteiger charge is -2.17. The van der Waals surface area contributed by atoms with E-state index in [1.807, 2.05) is 19.9 Å². The Bertz CT molecular complexity index is 919. The lowest BCUT2D eigenvalue weighted by Crippen LogP contribution is -2.11. The Labute approximate surface area is 166 Å². The predicted octanol–water partition coefficient (Wildman–Crippen LogP) is 5.61. The molecular weight excluding hydrogens is 412 g/mol. The number of nitrogens with zero attached hydrogens (tertiary/aromatic N) is 2. The molecule has 0 saturated carbocycles. The summed E-state index contributed by atoms with van der Waals surface area (Å²) in [6, 6.07) is 11.7. The number of benzene rings is 2. The monoisotopic (exact) mass is 430 g/mol. The molecule has 7 heteroatoms. The first-order valence-corrected chi connectivity index (χ1v) is 9.09. The molecule has 0 spiro atoms. The average molecular weight is 431 g/mol. The first-order valence-electron chi connectivity index (χ1n) is 8.30. The van der Waals surface area contributed by atoms with Crippen molar-refractivity contribution >= 4 is 33.3 Å². The lowest BCUT2D eigenvalue weighted by atomic mass is 10.0. The van der Waals surface area contributed by atoms with Crippen LogP contribution in [0.4, 0.5) is 5.69 Å². The van der Waals surface area contributed by atoms with Gasteiger partial charge in [0.15, 0.2) is 11.5 Å². The number of rotatable bonds is 7. The molecule has 0 amide bonds. The summed E-state index contributed by atoms with van der Waals surface area (Å²) in [6.07, 6.45) is 2.53. The van der Waals surface area contributed by atoms with Crippen molar-refractivity contribution in [3.63, 3.8) is 0 Å². The topological polar surface area (TPSA) is 85.4 Å². The first kappa shape index (κ1) is 20.5. The number of non-ortho nitro benzene ring substituents is 1. The number of nitriles is 1. The van der Waals surface area contributed by atoms with E-state index in [2.05, 4.69) is 22.0 Å². The molecule has 0 aliphatic carbocycles. The molecule has 140 valence electrons. The van der Waals surface area contributed by atoms with E-state index in [1.54, 1.807) is 31.4 Å². The van der Waals surface area contributed by atoms with Crippen LogP contribution in [0.3, 0.4) is 0 Å². The summed E-state index contributed by atoms with van der Waals surface area (Å²) in [7, 11) is 1.55. The van der Waals surface area contributed by atoms with Gasteiger partial charge in [-0.2, -0.15) is 5.26 Å². The minimum Gasteiger partial charge on any atom is -0.493 e. The second-order valence-corrected chi connectivity index (χ2v) is 6.70. The third kappa shape index (κ3) is 5.08. The van der Waals surface area contributed by atoms with Crippen LogP contribution in [0.15, 0.2) is 40.9 Å². The average Bonchev–Trinajstić information content (AvgIpc) is 2.67. The van der Waals surface area contributed by atoms with Crippen LogP contribution in [-0.4, -0.2) is 18.1 Å². The summed E-state index contributed by atoms with van der Waals surface area (Å²) in [4.78, 5) is 10.5. The lowest BCUT2D eigenvalue weighted by molar-refractivity contribution is -0.384. The van der Waals surface area contributed by atoms with Gasteiger partial charge in [0.2, 0.25) is 0 Å². The molecule has 2 aromatic carbocycles. The van der Waals surface area contributed by atoms with Gasteiger partial charge in [0.1, 0.15) is 0 Å². The third-order valence-corrected chi connectivity index (χ3v) is 4.53. The second kappa shape index (κ2) is 9.19. The number of nitro groups is 1. The third-order valence-electron chi connectivity index (χ3n) is 3.95. The number of methoxy groups -OCH3 is 1. The standard InChI is InChI=1S/C20H19BrN2O4/c1-4-13(2)27-20-18(21)9-14(10-19(20)26-3)8-16(12-22)15-6-5-7-17(11-15)23(24)25/h5-11,13H,4H2,1-3H3/b16-8-/t13-/m1/s1. The number of ether oxygens (including phenoxy) is 2. The highest BCUT2D eigenvalue weighted by Crippen LogP contribution is 2.38. The normalized spacial score (nSPS) is 12.2. The fourth-order valence-electron chi connectivity index (χ4n) is 2.36. The molecule has 0 heterocycles. The molecule has 0 fully saturated rings. The second-order valence-electron chi connectivity index (χ2n) is 5.85. The zero-order valence-electron chi connectivity index (χ0n) is 15.2. The summed E-state index contributed by atoms with van der Waals surface area (Å²) in [5, 5.41) is 20.5. The molecule has 2 aromatic rings. The number of hydrogen-bond donors (Lipinski definition) is 0. The zero-order valence-corrected chi connectivity index (χ0v) is 16.8. The van der Waals surface area contributed by atoms with E-state index in [9.17, 15) is 15.4 Å². The van der Waals surface area contributed by atoms with E-state index >= 15 is 0 Å². The SMILES string of the molecule is CC[C@@H](C)Oc1c(Br)cc(/C=C(/C#N)c2cccc([N+](=O)[O-])c2)cc1OC. The molecule has 0 bridgehead atoms. The minimum absolute atomic E-state index is 0.0242. The largest absolute Gasteiger partial charge is 0.493 e. The maximum absolute atomic E-state index is 11.0. The van der Waals surface area contributed by atoms with Gasteiger partial charge in [-0.15, -0.1) is 0 Å². The predicted molar refractivity (Wildman–Crippen MR) is 108 cm³/mol. The van der Waals surface area contributed by atoms with Crippen LogP contribution in [0.2, 0.25) is 0 Å². The van der Waals surface area contributed by atoms with Gasteiger partial charge in [-0.05, 0) is 58.6 Å². The zero-order chi connectivity index (χ0) is 20.0. The smallest absolute Gasteiger partial charge is 0.270 e. The number of allylic oxidation sites excluding steroid dienone is 1. The van der Waals surface area contributed by atoms with E-state index in [-0.39, 0.29) is 11.8 Å². The van der Waals surface area contributed by atoms with Crippen molar-refractivity contribution in [2.45, 2.75) is 26.4 Å². The number of halogens is 1. The fraction of sp³-hybridized carbons (Fsp3) is 0.250. The molecule has 6 nitrogen and oxygen atoms in total. The summed E-state index contributed by atoms with van der Waals surface area (Å²) >= 11 is 3.49. The highest BCUT2D eigenvalue weighted by molar-refractivity contribution is 9.10. The van der Waals surface area contributed by atoms with Gasteiger partial charge in [-0.3, -0.25) is 10.1 Å². The van der Waals surface area contributed by atoms with Crippen molar-refractivity contribution in [2.75, 3.05) is 7.11 Å². The van der Waals surface area contributed by atoms with Crippen molar-refractivity contribution < 1.29 is 14.4 Å². The maximum atomic E-state index is 11.0.